The second-order valence-corrected chi connectivity index (χ2v) is 5.96. The number of hydrogen-bond acceptors (Lipinski definition) is 4. The lowest BCUT2D eigenvalue weighted by Crippen LogP contribution is -2.30. The summed E-state index contributed by atoms with van der Waals surface area (Å²) in [5.41, 5.74) is 7.74. The summed E-state index contributed by atoms with van der Waals surface area (Å²) in [6, 6.07) is 15.2. The number of nitrogens with one attached hydrogen (secondary N) is 3. The lowest BCUT2D eigenvalue weighted by atomic mass is 10.0. The third-order valence-corrected chi connectivity index (χ3v) is 4.00. The van der Waals surface area contributed by atoms with E-state index in [0.717, 1.165) is 35.3 Å². The molecule has 25 heavy (non-hydrogen) atoms. The maximum absolute atomic E-state index is 11.9. The van der Waals surface area contributed by atoms with Crippen molar-refractivity contribution >= 4 is 33.8 Å². The van der Waals surface area contributed by atoms with Crippen LogP contribution >= 0.6 is 12.2 Å². The molecule has 1 aromatic heterocycles. The largest absolute Gasteiger partial charge is 0.362 e. The minimum atomic E-state index is -0.195. The van der Waals surface area contributed by atoms with Crippen LogP contribution in [-0.4, -0.2) is 28.4 Å². The predicted octanol–water partition coefficient (Wildman–Crippen LogP) is 2.23. The second kappa shape index (κ2) is 7.87. The molecule has 7 heteroatoms. The number of benzene rings is 2. The summed E-state index contributed by atoms with van der Waals surface area (Å²) in [6.45, 7) is 1.35. The van der Waals surface area contributed by atoms with Crippen molar-refractivity contribution in [1.82, 2.24) is 15.5 Å². The van der Waals surface area contributed by atoms with Crippen LogP contribution in [0.3, 0.4) is 0 Å². The van der Waals surface area contributed by atoms with Gasteiger partial charge < -0.3 is 16.4 Å². The first-order valence-electron chi connectivity index (χ1n) is 8.02. The highest BCUT2D eigenvalue weighted by Gasteiger charge is 2.09. The fourth-order valence-electron chi connectivity index (χ4n) is 2.56. The summed E-state index contributed by atoms with van der Waals surface area (Å²) in [5.74, 6) is 0. The zero-order valence-corrected chi connectivity index (χ0v) is 14.4. The Morgan fingerprint density at radius 1 is 1.16 bits per heavy atom. The number of aromatic amines is 1. The van der Waals surface area contributed by atoms with Crippen LogP contribution < -0.4 is 21.9 Å². The van der Waals surface area contributed by atoms with E-state index >= 15 is 0 Å². The summed E-state index contributed by atoms with van der Waals surface area (Å²) >= 11 is 5.28. The van der Waals surface area contributed by atoms with Gasteiger partial charge in [-0.05, 0) is 43.4 Å². The average Bonchev–Trinajstić information content (AvgIpc) is 2.63. The van der Waals surface area contributed by atoms with Gasteiger partial charge in [-0.15, -0.1) is 0 Å². The summed E-state index contributed by atoms with van der Waals surface area (Å²) in [7, 11) is 0. The molecule has 0 radical (unpaired) electrons. The van der Waals surface area contributed by atoms with Crippen molar-refractivity contribution in [3.63, 3.8) is 0 Å². The molecule has 0 aliphatic carbocycles. The van der Waals surface area contributed by atoms with E-state index in [1.807, 2.05) is 42.5 Å². The fraction of sp³-hybridized carbons (Fsp3) is 0.167. The molecule has 6 nitrogen and oxygen atoms in total. The standard InChI is InChI=1S/C18H19N5OS/c19-9-4-10-20-18(25)21-13-6-3-5-12(11-13)16-14-7-1-2-8-15(14)17(24)23-22-16/h1-3,5-8,11H,4,9-10,19H2,(H,23,24)(H2,20,21,25). The first-order chi connectivity index (χ1) is 12.2. The van der Waals surface area contributed by atoms with E-state index < -0.39 is 0 Å². The Morgan fingerprint density at radius 3 is 2.76 bits per heavy atom. The molecule has 0 saturated carbocycles. The van der Waals surface area contributed by atoms with Crippen molar-refractivity contribution in [2.45, 2.75) is 6.42 Å². The Bertz CT molecular complexity index is 953. The number of aromatic nitrogens is 2. The van der Waals surface area contributed by atoms with Crippen molar-refractivity contribution in [3.05, 3.63) is 58.9 Å². The maximum atomic E-state index is 11.9. The monoisotopic (exact) mass is 353 g/mol. The van der Waals surface area contributed by atoms with E-state index in [0.29, 0.717) is 17.0 Å². The molecule has 0 aliphatic heterocycles. The molecule has 2 aromatic carbocycles. The Balaban J connectivity index is 1.89. The van der Waals surface area contributed by atoms with Crippen LogP contribution in [0.25, 0.3) is 22.0 Å². The van der Waals surface area contributed by atoms with Crippen LogP contribution in [0.1, 0.15) is 6.42 Å². The molecule has 0 saturated heterocycles. The van der Waals surface area contributed by atoms with E-state index in [1.165, 1.54) is 0 Å². The number of fused-ring (bicyclic) bond motifs is 1. The number of H-pyrrole nitrogens is 1. The topological polar surface area (TPSA) is 95.8 Å². The van der Waals surface area contributed by atoms with Crippen LogP contribution in [0, 0.1) is 0 Å². The SMILES string of the molecule is NCCCNC(=S)Nc1cccc(-c2n[nH]c(=O)c3ccccc23)c1. The molecule has 0 atom stereocenters. The van der Waals surface area contributed by atoms with E-state index in [4.69, 9.17) is 18.0 Å². The van der Waals surface area contributed by atoms with Gasteiger partial charge >= 0.3 is 0 Å². The molecule has 0 amide bonds. The Labute approximate surface area is 150 Å². The van der Waals surface area contributed by atoms with Gasteiger partial charge in [0.2, 0.25) is 0 Å². The summed E-state index contributed by atoms with van der Waals surface area (Å²) in [6.07, 6.45) is 0.856. The molecule has 0 fully saturated rings. The van der Waals surface area contributed by atoms with Gasteiger partial charge in [-0.1, -0.05) is 30.3 Å². The van der Waals surface area contributed by atoms with Crippen LogP contribution in [0.4, 0.5) is 5.69 Å². The van der Waals surface area contributed by atoms with Crippen LogP contribution in [-0.2, 0) is 0 Å². The molecule has 3 rings (SSSR count). The molecular formula is C18H19N5OS. The number of anilines is 1. The van der Waals surface area contributed by atoms with Crippen molar-refractivity contribution in [3.8, 4) is 11.3 Å². The molecule has 1 heterocycles. The number of nitrogens with two attached hydrogens (primary N) is 1. The number of nitrogens with zero attached hydrogens (tertiary/aromatic N) is 1. The first kappa shape index (κ1) is 17.1. The molecule has 3 aromatic rings. The van der Waals surface area contributed by atoms with Crippen molar-refractivity contribution in [1.29, 1.82) is 0 Å². The second-order valence-electron chi connectivity index (χ2n) is 5.55. The highest BCUT2D eigenvalue weighted by molar-refractivity contribution is 7.80. The molecule has 128 valence electrons. The molecular weight excluding hydrogens is 334 g/mol. The Hall–Kier alpha value is -2.77. The summed E-state index contributed by atoms with van der Waals surface area (Å²) in [5, 5.41) is 15.0. The molecule has 5 N–H and O–H groups in total. The molecule has 0 unspecified atom stereocenters. The van der Waals surface area contributed by atoms with Crippen molar-refractivity contribution in [2.75, 3.05) is 18.4 Å². The van der Waals surface area contributed by atoms with E-state index in [9.17, 15) is 4.79 Å². The van der Waals surface area contributed by atoms with Crippen molar-refractivity contribution in [2.24, 2.45) is 5.73 Å². The normalized spacial score (nSPS) is 10.6. The Kier molecular flexibility index (Phi) is 5.37. The minimum absolute atomic E-state index is 0.195. The number of thiocarbonyl (C=S) groups is 1. The average molecular weight is 353 g/mol. The minimum Gasteiger partial charge on any atom is -0.362 e. The van der Waals surface area contributed by atoms with Gasteiger partial charge in [0.1, 0.15) is 0 Å². The van der Waals surface area contributed by atoms with E-state index in [1.54, 1.807) is 6.07 Å². The van der Waals surface area contributed by atoms with Gasteiger partial charge in [0.25, 0.3) is 5.56 Å². The summed E-state index contributed by atoms with van der Waals surface area (Å²) < 4.78 is 0. The lowest BCUT2D eigenvalue weighted by molar-refractivity contribution is 0.788. The van der Waals surface area contributed by atoms with Gasteiger partial charge in [-0.3, -0.25) is 4.79 Å². The zero-order valence-electron chi connectivity index (χ0n) is 13.6. The fourth-order valence-corrected chi connectivity index (χ4v) is 2.78. The molecule has 0 aliphatic rings. The number of rotatable bonds is 5. The molecule has 0 bridgehead atoms. The molecule has 0 spiro atoms. The van der Waals surface area contributed by atoms with E-state index in [-0.39, 0.29) is 5.56 Å². The predicted molar refractivity (Wildman–Crippen MR) is 106 cm³/mol. The van der Waals surface area contributed by atoms with Crippen LogP contribution in [0.5, 0.6) is 0 Å². The van der Waals surface area contributed by atoms with Crippen LogP contribution in [0.2, 0.25) is 0 Å². The highest BCUT2D eigenvalue weighted by Crippen LogP contribution is 2.26. The smallest absolute Gasteiger partial charge is 0.272 e. The quantitative estimate of drug-likeness (QED) is 0.415. The lowest BCUT2D eigenvalue weighted by Gasteiger charge is -2.11. The van der Waals surface area contributed by atoms with Gasteiger partial charge in [0.05, 0.1) is 11.1 Å². The van der Waals surface area contributed by atoms with E-state index in [2.05, 4.69) is 20.8 Å². The van der Waals surface area contributed by atoms with Gasteiger partial charge in [-0.25, -0.2) is 5.10 Å². The zero-order chi connectivity index (χ0) is 17.6. The third-order valence-electron chi connectivity index (χ3n) is 3.76. The highest BCUT2D eigenvalue weighted by atomic mass is 32.1. The third kappa shape index (κ3) is 4.01. The number of hydrogen-bond donors (Lipinski definition) is 4. The van der Waals surface area contributed by atoms with Gasteiger partial charge in [0, 0.05) is 23.2 Å². The Morgan fingerprint density at radius 2 is 1.96 bits per heavy atom. The van der Waals surface area contributed by atoms with Gasteiger partial charge in [0.15, 0.2) is 5.11 Å². The van der Waals surface area contributed by atoms with Crippen LogP contribution in [0.15, 0.2) is 53.3 Å². The van der Waals surface area contributed by atoms with Gasteiger partial charge in [-0.2, -0.15) is 5.10 Å². The van der Waals surface area contributed by atoms with Crippen molar-refractivity contribution < 1.29 is 0 Å². The first-order valence-corrected chi connectivity index (χ1v) is 8.42. The summed E-state index contributed by atoms with van der Waals surface area (Å²) in [4.78, 5) is 11.9. The maximum Gasteiger partial charge on any atom is 0.272 e.